The lowest BCUT2D eigenvalue weighted by molar-refractivity contribution is 0.302. The molecule has 0 saturated heterocycles. The molecule has 3 aromatic rings. The molecule has 1 aromatic carbocycles. The summed E-state index contributed by atoms with van der Waals surface area (Å²) in [6.07, 6.45) is 2.96. The summed E-state index contributed by atoms with van der Waals surface area (Å²) in [6, 6.07) is 13.2. The van der Waals surface area contributed by atoms with Crippen molar-refractivity contribution in [1.82, 2.24) is 9.38 Å². The molecule has 0 fully saturated rings. The van der Waals surface area contributed by atoms with Gasteiger partial charge in [0.15, 0.2) is 0 Å². The molecule has 1 N–H and O–H groups in total. The summed E-state index contributed by atoms with van der Waals surface area (Å²) < 4.78 is 2.03. The topological polar surface area (TPSA) is 58.8 Å². The molecule has 0 radical (unpaired) electrons. The van der Waals surface area contributed by atoms with Crippen molar-refractivity contribution in [2.75, 3.05) is 5.32 Å². The van der Waals surface area contributed by atoms with Gasteiger partial charge < -0.3 is 5.32 Å². The van der Waals surface area contributed by atoms with Gasteiger partial charge in [-0.2, -0.15) is 0 Å². The molecule has 2 heterocycles. The van der Waals surface area contributed by atoms with Crippen LogP contribution in [0.25, 0.3) is 16.9 Å². The molecule has 136 valence electrons. The van der Waals surface area contributed by atoms with E-state index in [1.54, 1.807) is 6.07 Å². The van der Waals surface area contributed by atoms with Gasteiger partial charge in [-0.25, -0.2) is 4.98 Å². The number of fused-ring (bicyclic) bond motifs is 1. The van der Waals surface area contributed by atoms with Crippen LogP contribution in [0.2, 0.25) is 0 Å². The number of nitrogens with zero attached hydrogens (tertiary/aromatic N) is 3. The van der Waals surface area contributed by atoms with Gasteiger partial charge in [-0.1, -0.05) is 45.0 Å². The third kappa shape index (κ3) is 3.77. The number of hydrogen-bond acceptors (Lipinski definition) is 4. The number of nitroso groups, excluding NO2 is 1. The molecular weight excluding hydrogens is 324 g/mol. The van der Waals surface area contributed by atoms with Crippen molar-refractivity contribution in [2.45, 2.75) is 46.6 Å². The van der Waals surface area contributed by atoms with E-state index in [4.69, 9.17) is 4.98 Å². The summed E-state index contributed by atoms with van der Waals surface area (Å²) in [6.45, 7) is 11.1. The van der Waals surface area contributed by atoms with Crippen molar-refractivity contribution in [2.24, 2.45) is 10.6 Å². The zero-order valence-electron chi connectivity index (χ0n) is 16.1. The van der Waals surface area contributed by atoms with Gasteiger partial charge >= 0.3 is 0 Å². The smallest absolute Gasteiger partial charge is 0.139 e. The highest BCUT2D eigenvalue weighted by atomic mass is 16.3. The summed E-state index contributed by atoms with van der Waals surface area (Å²) >= 11 is 0. The molecule has 26 heavy (non-hydrogen) atoms. The zero-order valence-corrected chi connectivity index (χ0v) is 16.1. The van der Waals surface area contributed by atoms with Crippen LogP contribution in [0, 0.1) is 10.3 Å². The molecule has 0 saturated carbocycles. The van der Waals surface area contributed by atoms with E-state index in [1.165, 1.54) is 0 Å². The molecule has 0 aliphatic heterocycles. The normalized spacial score (nSPS) is 12.3. The first-order chi connectivity index (χ1) is 12.2. The van der Waals surface area contributed by atoms with Crippen molar-refractivity contribution < 1.29 is 0 Å². The van der Waals surface area contributed by atoms with Gasteiger partial charge in [0.2, 0.25) is 0 Å². The molecule has 0 aliphatic rings. The third-order valence-electron chi connectivity index (χ3n) is 4.22. The van der Waals surface area contributed by atoms with E-state index in [-0.39, 0.29) is 11.0 Å². The van der Waals surface area contributed by atoms with Crippen LogP contribution in [0.15, 0.2) is 53.8 Å². The summed E-state index contributed by atoms with van der Waals surface area (Å²) in [4.78, 5) is 16.1. The van der Waals surface area contributed by atoms with E-state index in [0.29, 0.717) is 5.69 Å². The van der Waals surface area contributed by atoms with Crippen molar-refractivity contribution in [3.63, 3.8) is 0 Å². The predicted molar refractivity (Wildman–Crippen MR) is 108 cm³/mol. The number of pyridine rings is 1. The van der Waals surface area contributed by atoms with Crippen molar-refractivity contribution in [1.29, 1.82) is 0 Å². The summed E-state index contributed by atoms with van der Waals surface area (Å²) in [5.41, 5.74) is 2.74. The zero-order chi connectivity index (χ0) is 18.9. The highest BCUT2D eigenvalue weighted by Gasteiger charge is 2.28. The van der Waals surface area contributed by atoms with E-state index >= 15 is 0 Å². The Morgan fingerprint density at radius 3 is 2.42 bits per heavy atom. The van der Waals surface area contributed by atoms with Crippen LogP contribution in [-0.4, -0.2) is 14.9 Å². The Kier molecular flexibility index (Phi) is 4.57. The van der Waals surface area contributed by atoms with Gasteiger partial charge in [-0.05, 0) is 49.1 Å². The van der Waals surface area contributed by atoms with Crippen molar-refractivity contribution in [3.8, 4) is 11.3 Å². The van der Waals surface area contributed by atoms with Crippen LogP contribution >= 0.6 is 0 Å². The second-order valence-corrected chi connectivity index (χ2v) is 8.59. The van der Waals surface area contributed by atoms with Crippen LogP contribution < -0.4 is 5.32 Å². The van der Waals surface area contributed by atoms with Crippen LogP contribution in [0.5, 0.6) is 0 Å². The Morgan fingerprint density at radius 1 is 1.04 bits per heavy atom. The second-order valence-electron chi connectivity index (χ2n) is 8.59. The number of hydrogen-bond donors (Lipinski definition) is 1. The van der Waals surface area contributed by atoms with Crippen LogP contribution in [0.3, 0.4) is 0 Å². The maximum absolute atomic E-state index is 11.3. The van der Waals surface area contributed by atoms with Crippen LogP contribution in [-0.2, 0) is 0 Å². The maximum atomic E-state index is 11.3. The van der Waals surface area contributed by atoms with Crippen LogP contribution in [0.1, 0.15) is 41.0 Å². The lowest BCUT2D eigenvalue weighted by Gasteiger charge is -2.34. The Morgan fingerprint density at radius 2 is 1.73 bits per heavy atom. The fourth-order valence-corrected chi connectivity index (χ4v) is 3.75. The van der Waals surface area contributed by atoms with E-state index in [0.717, 1.165) is 29.1 Å². The Labute approximate surface area is 154 Å². The molecule has 0 spiro atoms. The van der Waals surface area contributed by atoms with Gasteiger partial charge in [0.25, 0.3) is 0 Å². The number of nitrogens with one attached hydrogen (secondary N) is 1. The minimum atomic E-state index is -0.150. The first kappa shape index (κ1) is 18.1. The first-order valence-electron chi connectivity index (χ1n) is 8.88. The largest absolute Gasteiger partial charge is 0.364 e. The van der Waals surface area contributed by atoms with E-state index in [1.807, 2.05) is 47.0 Å². The summed E-state index contributed by atoms with van der Waals surface area (Å²) in [5, 5.41) is 6.86. The minimum absolute atomic E-state index is 0.150. The average Bonchev–Trinajstić information content (AvgIpc) is 2.90. The number of anilines is 1. The van der Waals surface area contributed by atoms with Gasteiger partial charge in [0.1, 0.15) is 22.8 Å². The van der Waals surface area contributed by atoms with Crippen LogP contribution in [0.4, 0.5) is 11.5 Å². The molecule has 0 aliphatic carbocycles. The molecule has 0 atom stereocenters. The number of rotatable bonds is 5. The number of benzene rings is 1. The summed E-state index contributed by atoms with van der Waals surface area (Å²) in [7, 11) is 0. The average molecular weight is 350 g/mol. The molecule has 0 amide bonds. The highest BCUT2D eigenvalue weighted by molar-refractivity contribution is 5.83. The second kappa shape index (κ2) is 6.56. The van der Waals surface area contributed by atoms with Gasteiger partial charge in [0, 0.05) is 17.3 Å². The third-order valence-corrected chi connectivity index (χ3v) is 4.22. The number of imidazole rings is 1. The molecule has 0 unspecified atom stereocenters. The minimum Gasteiger partial charge on any atom is -0.364 e. The SMILES string of the molecule is CC(C)(C)CC(C)(C)Nc1c(-c2ccccc2N=O)nc2ccccn12. The van der Waals surface area contributed by atoms with Crippen molar-refractivity contribution >= 4 is 17.2 Å². The molecular formula is C21H26N4O. The molecule has 3 rings (SSSR count). The Bertz CT molecular complexity index is 935. The van der Waals surface area contributed by atoms with E-state index in [9.17, 15) is 4.91 Å². The van der Waals surface area contributed by atoms with Gasteiger partial charge in [0.05, 0.1) is 0 Å². The maximum Gasteiger partial charge on any atom is 0.139 e. The van der Waals surface area contributed by atoms with Gasteiger partial charge in [-0.3, -0.25) is 4.40 Å². The standard InChI is InChI=1S/C21H26N4O/c1-20(2,3)14-21(4,5)23-19-18(15-10-6-7-11-16(15)24-26)22-17-12-8-9-13-25(17)19/h6-13,23H,14H2,1-5H3. The van der Waals surface area contributed by atoms with E-state index in [2.05, 4.69) is 45.1 Å². The van der Waals surface area contributed by atoms with Crippen molar-refractivity contribution in [3.05, 3.63) is 53.6 Å². The predicted octanol–water partition coefficient (Wildman–Crippen LogP) is 6.03. The number of aromatic nitrogens is 2. The fourth-order valence-electron chi connectivity index (χ4n) is 3.75. The molecule has 2 aromatic heterocycles. The van der Waals surface area contributed by atoms with Gasteiger partial charge in [-0.15, -0.1) is 4.91 Å². The lowest BCUT2D eigenvalue weighted by atomic mass is 9.82. The fraction of sp³-hybridized carbons (Fsp3) is 0.381. The lowest BCUT2D eigenvalue weighted by Crippen LogP contribution is -2.36. The molecule has 0 bridgehead atoms. The molecule has 5 heteroatoms. The first-order valence-corrected chi connectivity index (χ1v) is 8.88. The monoisotopic (exact) mass is 350 g/mol. The Balaban J connectivity index is 2.16. The van der Waals surface area contributed by atoms with E-state index < -0.39 is 0 Å². The summed E-state index contributed by atoms with van der Waals surface area (Å²) in [5.74, 6) is 0.881. The highest BCUT2D eigenvalue weighted by Crippen LogP contribution is 2.38. The quantitative estimate of drug-likeness (QED) is 0.572. The molecule has 5 nitrogen and oxygen atoms in total. The Hall–Kier alpha value is -2.69.